The maximum Gasteiger partial charge on any atom is 0.417 e. The third-order valence-corrected chi connectivity index (χ3v) is 4.88. The third-order valence-electron chi connectivity index (χ3n) is 4.32. The molecule has 4 nitrogen and oxygen atoms in total. The maximum absolute atomic E-state index is 13.2. The molecule has 2 rings (SSSR count). The first-order chi connectivity index (χ1) is 11.6. The quantitative estimate of drug-likeness (QED) is 0.794. The molecule has 0 bridgehead atoms. The summed E-state index contributed by atoms with van der Waals surface area (Å²) in [7, 11) is 0. The second-order valence-electron chi connectivity index (χ2n) is 5.97. The standard InChI is InChI=1S/C16H17Cl2F3N2O2/c1-10(24)22-15(4-6-23(7-5-15)14(25)9-17)11-2-3-13(18)12(8-11)16(19,20)21/h2-3,8H,4-7,9H2,1H3,(H,22,24). The summed E-state index contributed by atoms with van der Waals surface area (Å²) >= 11 is 11.2. The van der Waals surface area contributed by atoms with Crippen LogP contribution in [0.2, 0.25) is 5.02 Å². The van der Waals surface area contributed by atoms with Gasteiger partial charge in [-0.15, -0.1) is 11.6 Å². The van der Waals surface area contributed by atoms with Crippen LogP contribution < -0.4 is 5.32 Å². The highest BCUT2D eigenvalue weighted by Crippen LogP contribution is 2.40. The second kappa shape index (κ2) is 7.41. The van der Waals surface area contributed by atoms with Crippen LogP contribution in [-0.4, -0.2) is 35.7 Å². The Hall–Kier alpha value is -1.47. The Morgan fingerprint density at radius 2 is 1.88 bits per heavy atom. The number of likely N-dealkylation sites (tertiary alicyclic amines) is 1. The zero-order valence-corrected chi connectivity index (χ0v) is 14.9. The second-order valence-corrected chi connectivity index (χ2v) is 6.64. The van der Waals surface area contributed by atoms with E-state index in [1.54, 1.807) is 0 Å². The maximum atomic E-state index is 13.2. The summed E-state index contributed by atoms with van der Waals surface area (Å²) < 4.78 is 39.5. The van der Waals surface area contributed by atoms with E-state index in [4.69, 9.17) is 23.2 Å². The molecule has 1 fully saturated rings. The molecule has 0 radical (unpaired) electrons. The van der Waals surface area contributed by atoms with Crippen LogP contribution in [0.4, 0.5) is 13.2 Å². The molecular weight excluding hydrogens is 380 g/mol. The van der Waals surface area contributed by atoms with E-state index in [1.165, 1.54) is 24.0 Å². The Labute approximate surface area is 153 Å². The molecule has 0 aliphatic carbocycles. The zero-order valence-electron chi connectivity index (χ0n) is 13.4. The molecular formula is C16H17Cl2F3N2O2. The number of hydrogen-bond acceptors (Lipinski definition) is 2. The van der Waals surface area contributed by atoms with E-state index >= 15 is 0 Å². The van der Waals surface area contributed by atoms with Crippen molar-refractivity contribution in [1.82, 2.24) is 10.2 Å². The lowest BCUT2D eigenvalue weighted by molar-refractivity contribution is -0.137. The summed E-state index contributed by atoms with van der Waals surface area (Å²) in [5, 5.41) is 2.37. The van der Waals surface area contributed by atoms with Crippen LogP contribution in [-0.2, 0) is 21.3 Å². The molecule has 1 aliphatic rings. The predicted octanol–water partition coefficient (Wildman–Crippen LogP) is 3.55. The number of alkyl halides is 4. The van der Waals surface area contributed by atoms with E-state index in [0.29, 0.717) is 5.56 Å². The minimum absolute atomic E-state index is 0.160. The topological polar surface area (TPSA) is 49.4 Å². The lowest BCUT2D eigenvalue weighted by Crippen LogP contribution is -2.54. The lowest BCUT2D eigenvalue weighted by atomic mass is 9.80. The Morgan fingerprint density at radius 3 is 2.36 bits per heavy atom. The molecule has 0 spiro atoms. The zero-order chi connectivity index (χ0) is 18.8. The third kappa shape index (κ3) is 4.39. The number of benzene rings is 1. The smallest absolute Gasteiger partial charge is 0.347 e. The van der Waals surface area contributed by atoms with Gasteiger partial charge in [0.15, 0.2) is 0 Å². The van der Waals surface area contributed by atoms with Gasteiger partial charge in [0.2, 0.25) is 11.8 Å². The predicted molar refractivity (Wildman–Crippen MR) is 88.5 cm³/mol. The Bertz CT molecular complexity index is 672. The van der Waals surface area contributed by atoms with Crippen LogP contribution in [0.5, 0.6) is 0 Å². The fraction of sp³-hybridized carbons (Fsp3) is 0.500. The van der Waals surface area contributed by atoms with Gasteiger partial charge in [0.05, 0.1) is 16.1 Å². The monoisotopic (exact) mass is 396 g/mol. The average Bonchev–Trinajstić information content (AvgIpc) is 2.53. The van der Waals surface area contributed by atoms with Gasteiger partial charge in [0.25, 0.3) is 0 Å². The van der Waals surface area contributed by atoms with Gasteiger partial charge in [0.1, 0.15) is 5.88 Å². The molecule has 1 saturated heterocycles. The number of rotatable bonds is 3. The summed E-state index contributed by atoms with van der Waals surface area (Å²) in [6, 6.07) is 3.63. The van der Waals surface area contributed by atoms with Gasteiger partial charge in [0, 0.05) is 20.0 Å². The first-order valence-electron chi connectivity index (χ1n) is 7.59. The van der Waals surface area contributed by atoms with Crippen LogP contribution in [0.15, 0.2) is 18.2 Å². The number of halogens is 5. The molecule has 0 unspecified atom stereocenters. The molecule has 9 heteroatoms. The minimum Gasteiger partial charge on any atom is -0.347 e. The number of nitrogens with zero attached hydrogens (tertiary/aromatic N) is 1. The molecule has 1 heterocycles. The summed E-state index contributed by atoms with van der Waals surface area (Å²) in [6.07, 6.45) is -4.03. The number of amides is 2. The number of carbonyl (C=O) groups excluding carboxylic acids is 2. The molecule has 0 atom stereocenters. The van der Waals surface area contributed by atoms with E-state index in [9.17, 15) is 22.8 Å². The number of hydrogen-bond donors (Lipinski definition) is 1. The van der Waals surface area contributed by atoms with Gasteiger partial charge >= 0.3 is 6.18 Å². The van der Waals surface area contributed by atoms with Crippen molar-refractivity contribution in [1.29, 1.82) is 0 Å². The molecule has 0 saturated carbocycles. The Balaban J connectivity index is 2.39. The van der Waals surface area contributed by atoms with Crippen molar-refractivity contribution in [3.63, 3.8) is 0 Å². The van der Waals surface area contributed by atoms with Crippen LogP contribution in [0, 0.1) is 0 Å². The van der Waals surface area contributed by atoms with Gasteiger partial charge < -0.3 is 10.2 Å². The highest BCUT2D eigenvalue weighted by molar-refractivity contribution is 6.31. The van der Waals surface area contributed by atoms with E-state index in [0.717, 1.165) is 6.07 Å². The van der Waals surface area contributed by atoms with Crippen LogP contribution >= 0.6 is 23.2 Å². The molecule has 1 aliphatic heterocycles. The Kier molecular flexibility index (Phi) is 5.89. The number of carbonyl (C=O) groups is 2. The fourth-order valence-corrected chi connectivity index (χ4v) is 3.48. The SMILES string of the molecule is CC(=O)NC1(c2ccc(Cl)c(C(F)(F)F)c2)CCN(C(=O)CCl)CC1. The number of piperidine rings is 1. The van der Waals surface area contributed by atoms with Gasteiger partial charge in [-0.05, 0) is 30.5 Å². The molecule has 1 N–H and O–H groups in total. The fourth-order valence-electron chi connectivity index (χ4n) is 3.09. The van der Waals surface area contributed by atoms with Crippen LogP contribution in [0.1, 0.15) is 30.9 Å². The highest BCUT2D eigenvalue weighted by Gasteiger charge is 2.40. The van der Waals surface area contributed by atoms with Crippen molar-refractivity contribution in [2.75, 3.05) is 19.0 Å². The summed E-state index contributed by atoms with van der Waals surface area (Å²) in [5.41, 5.74) is -1.62. The van der Waals surface area contributed by atoms with Crippen molar-refractivity contribution >= 4 is 35.0 Å². The van der Waals surface area contributed by atoms with Crippen molar-refractivity contribution in [2.45, 2.75) is 31.5 Å². The van der Waals surface area contributed by atoms with Gasteiger partial charge in [-0.2, -0.15) is 13.2 Å². The lowest BCUT2D eigenvalue weighted by Gasteiger charge is -2.42. The van der Waals surface area contributed by atoms with Gasteiger partial charge in [-0.3, -0.25) is 9.59 Å². The van der Waals surface area contributed by atoms with E-state index in [1.807, 2.05) is 0 Å². The van der Waals surface area contributed by atoms with E-state index < -0.39 is 22.3 Å². The molecule has 25 heavy (non-hydrogen) atoms. The molecule has 0 aromatic heterocycles. The van der Waals surface area contributed by atoms with Gasteiger partial charge in [-0.1, -0.05) is 17.7 Å². The first kappa shape index (κ1) is 19.8. The van der Waals surface area contributed by atoms with Crippen molar-refractivity contribution < 1.29 is 22.8 Å². The number of nitrogens with one attached hydrogen (secondary N) is 1. The highest BCUT2D eigenvalue weighted by atomic mass is 35.5. The van der Waals surface area contributed by atoms with Crippen molar-refractivity contribution in [3.05, 3.63) is 34.3 Å². The molecule has 1 aromatic carbocycles. The van der Waals surface area contributed by atoms with E-state index in [2.05, 4.69) is 5.32 Å². The summed E-state index contributed by atoms with van der Waals surface area (Å²) in [6.45, 7) is 1.88. The normalized spacial score (nSPS) is 17.3. The molecule has 1 aromatic rings. The van der Waals surface area contributed by atoms with Crippen LogP contribution in [0.3, 0.4) is 0 Å². The van der Waals surface area contributed by atoms with Crippen molar-refractivity contribution in [2.24, 2.45) is 0 Å². The first-order valence-corrected chi connectivity index (χ1v) is 8.50. The van der Waals surface area contributed by atoms with Gasteiger partial charge in [-0.25, -0.2) is 0 Å². The average molecular weight is 397 g/mol. The summed E-state index contributed by atoms with van der Waals surface area (Å²) in [4.78, 5) is 24.9. The largest absolute Gasteiger partial charge is 0.417 e. The molecule has 138 valence electrons. The Morgan fingerprint density at radius 1 is 1.28 bits per heavy atom. The molecule has 2 amide bonds. The van der Waals surface area contributed by atoms with E-state index in [-0.39, 0.29) is 43.6 Å². The van der Waals surface area contributed by atoms with Crippen LogP contribution in [0.25, 0.3) is 0 Å². The minimum atomic E-state index is -4.60. The summed E-state index contributed by atoms with van der Waals surface area (Å²) in [5.74, 6) is -0.766. The van der Waals surface area contributed by atoms with Crippen molar-refractivity contribution in [3.8, 4) is 0 Å².